The van der Waals surface area contributed by atoms with Crippen LogP contribution in [0.2, 0.25) is 0 Å². The summed E-state index contributed by atoms with van der Waals surface area (Å²) in [6.45, 7) is 3.80. The third-order valence-electron chi connectivity index (χ3n) is 2.09. The highest BCUT2D eigenvalue weighted by atomic mass is 16.2. The summed E-state index contributed by atoms with van der Waals surface area (Å²) >= 11 is 0. The summed E-state index contributed by atoms with van der Waals surface area (Å²) in [5, 5.41) is 3.05. The molecule has 0 spiro atoms. The molecule has 1 amide bonds. The van der Waals surface area contributed by atoms with Gasteiger partial charge in [-0.15, -0.1) is 0 Å². The van der Waals surface area contributed by atoms with Gasteiger partial charge < -0.3 is 10.2 Å². The molecule has 4 heteroatoms. The lowest BCUT2D eigenvalue weighted by atomic mass is 10.3. The minimum absolute atomic E-state index is 0.0392. The smallest absolute Gasteiger partial charge is 0.244 e. The Balaban J connectivity index is 2.62. The lowest BCUT2D eigenvalue weighted by Gasteiger charge is -2.18. The van der Waals surface area contributed by atoms with Crippen LogP contribution < -0.4 is 5.32 Å². The van der Waals surface area contributed by atoms with Gasteiger partial charge in [0.2, 0.25) is 5.91 Å². The monoisotopic (exact) mass is 207 g/mol. The first-order valence-electron chi connectivity index (χ1n) is 4.91. The van der Waals surface area contributed by atoms with E-state index in [1.165, 1.54) is 0 Å². The van der Waals surface area contributed by atoms with Gasteiger partial charge in [0.25, 0.3) is 0 Å². The maximum atomic E-state index is 11.5. The van der Waals surface area contributed by atoms with Gasteiger partial charge in [-0.05, 0) is 25.5 Å². The van der Waals surface area contributed by atoms with Gasteiger partial charge in [0.05, 0.1) is 0 Å². The molecule has 0 aliphatic carbocycles. The SMILES string of the molecule is Cc1ccc(NC(C)C(=O)N(C)C)nc1. The molecule has 1 aromatic heterocycles. The van der Waals surface area contributed by atoms with Gasteiger partial charge in [0, 0.05) is 20.3 Å². The van der Waals surface area contributed by atoms with Gasteiger partial charge in [-0.3, -0.25) is 4.79 Å². The molecule has 1 rings (SSSR count). The molecular formula is C11H17N3O. The van der Waals surface area contributed by atoms with E-state index in [-0.39, 0.29) is 11.9 Å². The molecule has 0 aliphatic heterocycles. The fourth-order valence-electron chi connectivity index (χ4n) is 1.22. The standard InChI is InChI=1S/C11H17N3O/c1-8-5-6-10(12-7-8)13-9(2)11(15)14(3)4/h5-7,9H,1-4H3,(H,12,13). The number of nitrogens with zero attached hydrogens (tertiary/aromatic N) is 2. The lowest BCUT2D eigenvalue weighted by molar-refractivity contribution is -0.129. The number of nitrogens with one attached hydrogen (secondary N) is 1. The highest BCUT2D eigenvalue weighted by molar-refractivity contribution is 5.83. The van der Waals surface area contributed by atoms with E-state index in [2.05, 4.69) is 10.3 Å². The summed E-state index contributed by atoms with van der Waals surface area (Å²) < 4.78 is 0. The molecule has 4 nitrogen and oxygen atoms in total. The third-order valence-corrected chi connectivity index (χ3v) is 2.09. The van der Waals surface area contributed by atoms with Gasteiger partial charge in [-0.1, -0.05) is 6.07 Å². The van der Waals surface area contributed by atoms with Crippen molar-refractivity contribution in [3.63, 3.8) is 0 Å². The first kappa shape index (κ1) is 11.5. The van der Waals surface area contributed by atoms with Crippen molar-refractivity contribution in [1.29, 1.82) is 0 Å². The second-order valence-corrected chi connectivity index (χ2v) is 3.82. The molecule has 15 heavy (non-hydrogen) atoms. The van der Waals surface area contributed by atoms with Crippen molar-refractivity contribution in [3.05, 3.63) is 23.9 Å². The Morgan fingerprint density at radius 1 is 1.47 bits per heavy atom. The largest absolute Gasteiger partial charge is 0.359 e. The van der Waals surface area contributed by atoms with Gasteiger partial charge in [0.1, 0.15) is 11.9 Å². The van der Waals surface area contributed by atoms with E-state index in [0.29, 0.717) is 0 Å². The number of aryl methyl sites for hydroxylation is 1. The minimum Gasteiger partial charge on any atom is -0.359 e. The molecule has 82 valence electrons. The number of carbonyl (C=O) groups is 1. The number of rotatable bonds is 3. The van der Waals surface area contributed by atoms with E-state index in [9.17, 15) is 4.79 Å². The maximum absolute atomic E-state index is 11.5. The maximum Gasteiger partial charge on any atom is 0.244 e. The van der Waals surface area contributed by atoms with E-state index >= 15 is 0 Å². The summed E-state index contributed by atoms with van der Waals surface area (Å²) in [5.74, 6) is 0.765. The number of hydrogen-bond acceptors (Lipinski definition) is 3. The van der Waals surface area contributed by atoms with Crippen LogP contribution in [-0.4, -0.2) is 35.9 Å². The predicted molar refractivity (Wildman–Crippen MR) is 60.8 cm³/mol. The summed E-state index contributed by atoms with van der Waals surface area (Å²) in [4.78, 5) is 17.3. The number of anilines is 1. The molecule has 0 saturated heterocycles. The molecule has 1 heterocycles. The first-order valence-corrected chi connectivity index (χ1v) is 4.91. The summed E-state index contributed by atoms with van der Waals surface area (Å²) in [7, 11) is 3.48. The Hall–Kier alpha value is -1.58. The molecule has 0 radical (unpaired) electrons. The predicted octanol–water partition coefficient (Wildman–Crippen LogP) is 1.28. The summed E-state index contributed by atoms with van der Waals surface area (Å²) in [5.41, 5.74) is 1.10. The Morgan fingerprint density at radius 3 is 2.60 bits per heavy atom. The zero-order valence-electron chi connectivity index (χ0n) is 9.61. The van der Waals surface area contributed by atoms with Gasteiger partial charge in [-0.2, -0.15) is 0 Å². The van der Waals surface area contributed by atoms with Gasteiger partial charge >= 0.3 is 0 Å². The van der Waals surface area contributed by atoms with Crippen LogP contribution in [0, 0.1) is 6.92 Å². The Labute approximate surface area is 90.3 Å². The minimum atomic E-state index is -0.254. The second kappa shape index (κ2) is 4.77. The molecule has 0 aliphatic rings. The summed E-state index contributed by atoms with van der Waals surface area (Å²) in [6.07, 6.45) is 1.77. The highest BCUT2D eigenvalue weighted by Gasteiger charge is 2.14. The summed E-state index contributed by atoms with van der Waals surface area (Å²) in [6, 6.07) is 3.58. The zero-order chi connectivity index (χ0) is 11.4. The number of pyridine rings is 1. The number of aromatic nitrogens is 1. The number of carbonyl (C=O) groups excluding carboxylic acids is 1. The van der Waals surface area contributed by atoms with Crippen LogP contribution in [0.5, 0.6) is 0 Å². The third kappa shape index (κ3) is 3.23. The number of hydrogen-bond donors (Lipinski definition) is 1. The molecule has 0 aromatic carbocycles. The molecular weight excluding hydrogens is 190 g/mol. The van der Waals surface area contributed by atoms with Crippen LogP contribution in [0.1, 0.15) is 12.5 Å². The Bertz CT molecular complexity index is 332. The fourth-order valence-corrected chi connectivity index (χ4v) is 1.22. The normalized spacial score (nSPS) is 12.0. The van der Waals surface area contributed by atoms with E-state index in [1.54, 1.807) is 25.2 Å². The quantitative estimate of drug-likeness (QED) is 0.812. The van der Waals surface area contributed by atoms with Gasteiger partial charge in [0.15, 0.2) is 0 Å². The second-order valence-electron chi connectivity index (χ2n) is 3.82. The van der Waals surface area contributed by atoms with Crippen molar-refractivity contribution in [3.8, 4) is 0 Å². The van der Waals surface area contributed by atoms with Crippen LogP contribution in [0.4, 0.5) is 5.82 Å². The van der Waals surface area contributed by atoms with Crippen LogP contribution in [0.3, 0.4) is 0 Å². The van der Waals surface area contributed by atoms with E-state index < -0.39 is 0 Å². The average Bonchev–Trinajstić information content (AvgIpc) is 2.20. The van der Waals surface area contributed by atoms with Crippen molar-refractivity contribution in [1.82, 2.24) is 9.88 Å². The van der Waals surface area contributed by atoms with Crippen molar-refractivity contribution in [2.45, 2.75) is 19.9 Å². The molecule has 1 N–H and O–H groups in total. The first-order chi connectivity index (χ1) is 7.00. The van der Waals surface area contributed by atoms with Crippen LogP contribution >= 0.6 is 0 Å². The molecule has 0 saturated carbocycles. The average molecular weight is 207 g/mol. The molecule has 1 unspecified atom stereocenters. The molecule has 1 atom stereocenters. The van der Waals surface area contributed by atoms with E-state index in [4.69, 9.17) is 0 Å². The van der Waals surface area contributed by atoms with Crippen LogP contribution in [0.25, 0.3) is 0 Å². The van der Waals surface area contributed by atoms with Crippen LogP contribution in [0.15, 0.2) is 18.3 Å². The molecule has 0 bridgehead atoms. The fraction of sp³-hybridized carbons (Fsp3) is 0.455. The van der Waals surface area contributed by atoms with Gasteiger partial charge in [-0.25, -0.2) is 4.98 Å². The topological polar surface area (TPSA) is 45.2 Å². The lowest BCUT2D eigenvalue weighted by Crippen LogP contribution is -2.36. The van der Waals surface area contributed by atoms with Crippen molar-refractivity contribution in [2.75, 3.05) is 19.4 Å². The van der Waals surface area contributed by atoms with Crippen LogP contribution in [-0.2, 0) is 4.79 Å². The zero-order valence-corrected chi connectivity index (χ0v) is 9.61. The van der Waals surface area contributed by atoms with E-state index in [1.807, 2.05) is 26.0 Å². The number of likely N-dealkylation sites (N-methyl/N-ethyl adjacent to an activating group) is 1. The molecule has 1 aromatic rings. The number of amides is 1. The Morgan fingerprint density at radius 2 is 2.13 bits per heavy atom. The Kier molecular flexibility index (Phi) is 3.66. The van der Waals surface area contributed by atoms with E-state index in [0.717, 1.165) is 11.4 Å². The van der Waals surface area contributed by atoms with Crippen molar-refractivity contribution < 1.29 is 4.79 Å². The van der Waals surface area contributed by atoms with Crippen molar-refractivity contribution in [2.24, 2.45) is 0 Å². The highest BCUT2D eigenvalue weighted by Crippen LogP contribution is 2.06. The van der Waals surface area contributed by atoms with Crippen molar-refractivity contribution >= 4 is 11.7 Å². The molecule has 0 fully saturated rings.